The molecular formula is C24H29N7O6. The zero-order chi connectivity index (χ0) is 26.4. The molecule has 0 unspecified atom stereocenters. The molecule has 4 rings (SSSR count). The fourth-order valence-electron chi connectivity index (χ4n) is 4.03. The molecule has 2 aromatic heterocycles. The summed E-state index contributed by atoms with van der Waals surface area (Å²) in [5.74, 6) is -0.366. The second-order valence-electron chi connectivity index (χ2n) is 8.32. The molecule has 0 atom stereocenters. The van der Waals surface area contributed by atoms with Gasteiger partial charge in [-0.1, -0.05) is 0 Å². The third-order valence-electron chi connectivity index (χ3n) is 5.99. The van der Waals surface area contributed by atoms with Crippen LogP contribution in [0.25, 0.3) is 10.8 Å². The zero-order valence-electron chi connectivity index (χ0n) is 20.7. The predicted molar refractivity (Wildman–Crippen MR) is 136 cm³/mol. The molecule has 196 valence electrons. The lowest BCUT2D eigenvalue weighted by Gasteiger charge is -2.26. The molecule has 1 fully saturated rings. The molecule has 1 aliphatic rings. The Morgan fingerprint density at radius 2 is 1.92 bits per heavy atom. The van der Waals surface area contributed by atoms with Crippen molar-refractivity contribution in [3.8, 4) is 11.5 Å². The number of ether oxygens (including phenoxy) is 3. The highest BCUT2D eigenvalue weighted by Crippen LogP contribution is 2.40. The number of amides is 2. The molecule has 4 N–H and O–H groups in total. The molecule has 1 aliphatic heterocycles. The SMILES string of the molecule is COc1c(OCC(=O)NCCN2CCOCC2)ccc2c(=O)n(C)c(NC(=O)c3cncnc3)c(N)c12. The fraction of sp³-hybridized carbons (Fsp3) is 0.375. The summed E-state index contributed by atoms with van der Waals surface area (Å²) >= 11 is 0. The van der Waals surface area contributed by atoms with Gasteiger partial charge in [0.2, 0.25) is 0 Å². The third-order valence-corrected chi connectivity index (χ3v) is 5.99. The minimum absolute atomic E-state index is 0.0719. The van der Waals surface area contributed by atoms with Crippen molar-refractivity contribution in [3.05, 3.63) is 46.8 Å². The van der Waals surface area contributed by atoms with Gasteiger partial charge in [0, 0.05) is 45.6 Å². The summed E-state index contributed by atoms with van der Waals surface area (Å²) in [6, 6.07) is 3.08. The number of methoxy groups -OCH3 is 1. The first-order valence-corrected chi connectivity index (χ1v) is 11.7. The molecule has 3 aromatic rings. The molecule has 37 heavy (non-hydrogen) atoms. The lowest BCUT2D eigenvalue weighted by atomic mass is 10.1. The quantitative estimate of drug-likeness (QED) is 0.356. The number of hydrogen-bond donors (Lipinski definition) is 3. The van der Waals surface area contributed by atoms with Crippen molar-refractivity contribution in [1.82, 2.24) is 24.8 Å². The van der Waals surface area contributed by atoms with Crippen LogP contribution in [0.3, 0.4) is 0 Å². The van der Waals surface area contributed by atoms with Crippen molar-refractivity contribution in [2.45, 2.75) is 0 Å². The first-order chi connectivity index (χ1) is 17.9. The van der Waals surface area contributed by atoms with Crippen LogP contribution in [0.5, 0.6) is 11.5 Å². The molecule has 0 saturated carbocycles. The number of morpholine rings is 1. The molecule has 13 heteroatoms. The topological polar surface area (TPSA) is 163 Å². The number of benzene rings is 1. The van der Waals surface area contributed by atoms with E-state index in [9.17, 15) is 14.4 Å². The van der Waals surface area contributed by atoms with Gasteiger partial charge < -0.3 is 30.6 Å². The highest BCUT2D eigenvalue weighted by atomic mass is 16.5. The molecule has 3 heterocycles. The third kappa shape index (κ3) is 5.78. The summed E-state index contributed by atoms with van der Waals surface area (Å²) < 4.78 is 17.8. The van der Waals surface area contributed by atoms with Gasteiger partial charge in [0.25, 0.3) is 17.4 Å². The number of nitrogen functional groups attached to an aromatic ring is 1. The Morgan fingerprint density at radius 1 is 1.19 bits per heavy atom. The monoisotopic (exact) mass is 511 g/mol. The van der Waals surface area contributed by atoms with Gasteiger partial charge >= 0.3 is 0 Å². The minimum atomic E-state index is -0.540. The van der Waals surface area contributed by atoms with E-state index in [1.807, 2.05) is 0 Å². The van der Waals surface area contributed by atoms with E-state index in [-0.39, 0.29) is 51.9 Å². The number of rotatable bonds is 9. The molecule has 1 saturated heterocycles. The van der Waals surface area contributed by atoms with Gasteiger partial charge in [0.15, 0.2) is 18.1 Å². The predicted octanol–water partition coefficient (Wildman–Crippen LogP) is -0.00120. The lowest BCUT2D eigenvalue weighted by Crippen LogP contribution is -2.42. The molecular weight excluding hydrogens is 482 g/mol. The molecule has 0 spiro atoms. The number of nitrogens with two attached hydrogens (primary N) is 1. The standard InChI is InChI=1S/C24H29N7O6/c1-30-22(29-23(33)15-11-26-14-27-12-15)20(25)19-16(24(30)34)3-4-17(21(19)35-2)37-13-18(32)28-5-6-31-7-9-36-10-8-31/h3-4,11-12,14H,5-10,13,25H2,1-2H3,(H,28,32)(H,29,33). The lowest BCUT2D eigenvalue weighted by molar-refractivity contribution is -0.123. The highest BCUT2D eigenvalue weighted by molar-refractivity contribution is 6.09. The summed E-state index contributed by atoms with van der Waals surface area (Å²) in [6.45, 7) is 4.00. The van der Waals surface area contributed by atoms with Crippen LogP contribution in [-0.4, -0.2) is 84.4 Å². The van der Waals surface area contributed by atoms with Crippen LogP contribution < -0.4 is 31.4 Å². The van der Waals surface area contributed by atoms with Crippen molar-refractivity contribution in [2.75, 3.05) is 64.2 Å². The van der Waals surface area contributed by atoms with Crippen LogP contribution in [0.1, 0.15) is 10.4 Å². The van der Waals surface area contributed by atoms with Crippen LogP contribution in [0.4, 0.5) is 11.5 Å². The number of anilines is 2. The minimum Gasteiger partial charge on any atom is -0.492 e. The summed E-state index contributed by atoms with van der Waals surface area (Å²) in [6.07, 6.45) is 3.99. The molecule has 0 aliphatic carbocycles. The van der Waals surface area contributed by atoms with E-state index in [1.54, 1.807) is 12.1 Å². The summed E-state index contributed by atoms with van der Waals surface area (Å²) in [5.41, 5.74) is 6.30. The van der Waals surface area contributed by atoms with E-state index in [4.69, 9.17) is 19.9 Å². The van der Waals surface area contributed by atoms with Crippen LogP contribution in [0.15, 0.2) is 35.6 Å². The average molecular weight is 512 g/mol. The fourth-order valence-corrected chi connectivity index (χ4v) is 4.03. The number of carbonyl (C=O) groups is 2. The van der Waals surface area contributed by atoms with Crippen molar-refractivity contribution < 1.29 is 23.8 Å². The Balaban J connectivity index is 1.53. The summed E-state index contributed by atoms with van der Waals surface area (Å²) in [7, 11) is 2.90. The molecule has 0 bridgehead atoms. The number of nitrogens with zero attached hydrogens (tertiary/aromatic N) is 4. The summed E-state index contributed by atoms with van der Waals surface area (Å²) in [5, 5.41) is 6.00. The van der Waals surface area contributed by atoms with Gasteiger partial charge in [0.1, 0.15) is 12.1 Å². The largest absolute Gasteiger partial charge is 0.492 e. The second kappa shape index (κ2) is 11.7. The maximum Gasteiger partial charge on any atom is 0.260 e. The first-order valence-electron chi connectivity index (χ1n) is 11.7. The van der Waals surface area contributed by atoms with E-state index in [0.29, 0.717) is 19.8 Å². The van der Waals surface area contributed by atoms with Gasteiger partial charge in [-0.2, -0.15) is 0 Å². The van der Waals surface area contributed by atoms with E-state index >= 15 is 0 Å². The summed E-state index contributed by atoms with van der Waals surface area (Å²) in [4.78, 5) is 48.0. The van der Waals surface area contributed by atoms with Crippen molar-refractivity contribution >= 4 is 34.1 Å². The van der Waals surface area contributed by atoms with Gasteiger partial charge in [-0.25, -0.2) is 9.97 Å². The molecule has 2 amide bonds. The Kier molecular flexibility index (Phi) is 8.15. The van der Waals surface area contributed by atoms with Gasteiger partial charge in [-0.15, -0.1) is 0 Å². The maximum absolute atomic E-state index is 13.1. The van der Waals surface area contributed by atoms with Crippen LogP contribution in [-0.2, 0) is 16.6 Å². The van der Waals surface area contributed by atoms with E-state index in [0.717, 1.165) is 19.6 Å². The molecule has 13 nitrogen and oxygen atoms in total. The Labute approximate surface area is 212 Å². The van der Waals surface area contributed by atoms with E-state index in [1.165, 1.54) is 37.4 Å². The van der Waals surface area contributed by atoms with Crippen molar-refractivity contribution in [1.29, 1.82) is 0 Å². The van der Waals surface area contributed by atoms with E-state index in [2.05, 4.69) is 25.5 Å². The van der Waals surface area contributed by atoms with Crippen LogP contribution >= 0.6 is 0 Å². The zero-order valence-corrected chi connectivity index (χ0v) is 20.7. The van der Waals surface area contributed by atoms with Gasteiger partial charge in [0.05, 0.1) is 42.3 Å². The highest BCUT2D eigenvalue weighted by Gasteiger charge is 2.22. The molecule has 0 radical (unpaired) electrons. The normalized spacial score (nSPS) is 13.8. The second-order valence-corrected chi connectivity index (χ2v) is 8.32. The van der Waals surface area contributed by atoms with Gasteiger partial charge in [-0.3, -0.25) is 23.9 Å². The van der Waals surface area contributed by atoms with Crippen molar-refractivity contribution in [3.63, 3.8) is 0 Å². The number of carbonyl (C=O) groups excluding carboxylic acids is 2. The first kappa shape index (κ1) is 25.9. The Bertz CT molecular complexity index is 1340. The van der Waals surface area contributed by atoms with Crippen LogP contribution in [0, 0.1) is 0 Å². The number of pyridine rings is 1. The number of nitrogens with one attached hydrogen (secondary N) is 2. The molecule has 1 aromatic carbocycles. The number of hydrogen-bond acceptors (Lipinski definition) is 10. The van der Waals surface area contributed by atoms with Crippen LogP contribution in [0.2, 0.25) is 0 Å². The maximum atomic E-state index is 13.1. The Hall–Kier alpha value is -4.23. The smallest absolute Gasteiger partial charge is 0.260 e. The number of fused-ring (bicyclic) bond motifs is 1. The van der Waals surface area contributed by atoms with E-state index < -0.39 is 11.5 Å². The average Bonchev–Trinajstić information content (AvgIpc) is 2.93. The Morgan fingerprint density at radius 3 is 2.62 bits per heavy atom. The number of aromatic nitrogens is 3. The van der Waals surface area contributed by atoms with Crippen molar-refractivity contribution in [2.24, 2.45) is 7.05 Å². The van der Waals surface area contributed by atoms with Gasteiger partial charge in [-0.05, 0) is 12.1 Å².